The predicted molar refractivity (Wildman–Crippen MR) is 106 cm³/mol. The lowest BCUT2D eigenvalue weighted by molar-refractivity contribution is -0.125. The van der Waals surface area contributed by atoms with Crippen molar-refractivity contribution in [2.24, 2.45) is 17.8 Å². The third-order valence-electron chi connectivity index (χ3n) is 7.04. The Labute approximate surface area is 162 Å². The van der Waals surface area contributed by atoms with E-state index in [1.807, 2.05) is 0 Å². The van der Waals surface area contributed by atoms with Gasteiger partial charge in [-0.1, -0.05) is 57.9 Å². The zero-order chi connectivity index (χ0) is 19.2. The number of carbonyl (C=O) groups is 1. The summed E-state index contributed by atoms with van der Waals surface area (Å²) < 4.78 is 26.6. The summed E-state index contributed by atoms with van der Waals surface area (Å²) in [5, 5.41) is 0. The Hall–Kier alpha value is -1.25. The molecule has 0 N–H and O–H groups in total. The fourth-order valence-electron chi connectivity index (χ4n) is 5.17. The van der Waals surface area contributed by atoms with Crippen LogP contribution in [0.2, 0.25) is 0 Å². The Bertz CT molecular complexity index is 619. The highest BCUT2D eigenvalue weighted by atomic mass is 19.2. The predicted octanol–water partition coefficient (Wildman–Crippen LogP) is 7.19. The second-order valence-electron chi connectivity index (χ2n) is 8.92. The summed E-state index contributed by atoms with van der Waals surface area (Å²) in [6, 6.07) is 4.08. The third-order valence-corrected chi connectivity index (χ3v) is 7.04. The molecule has 2 aliphatic rings. The number of halogens is 2. The van der Waals surface area contributed by atoms with Gasteiger partial charge >= 0.3 is 0 Å². The molecule has 1 aromatic carbocycles. The first-order valence-electron chi connectivity index (χ1n) is 11.0. The van der Waals surface area contributed by atoms with E-state index in [4.69, 9.17) is 0 Å². The Morgan fingerprint density at radius 2 is 1.59 bits per heavy atom. The highest BCUT2D eigenvalue weighted by Crippen LogP contribution is 2.39. The first-order valence-corrected chi connectivity index (χ1v) is 11.0. The fraction of sp³-hybridized carbons (Fsp3) is 0.708. The lowest BCUT2D eigenvalue weighted by Gasteiger charge is -2.31. The number of hydrogen-bond acceptors (Lipinski definition) is 1. The van der Waals surface area contributed by atoms with Crippen LogP contribution in [-0.2, 0) is 4.79 Å². The molecule has 2 saturated carbocycles. The molecule has 27 heavy (non-hydrogen) atoms. The minimum atomic E-state index is -0.817. The maximum Gasteiger partial charge on any atom is 0.159 e. The van der Waals surface area contributed by atoms with E-state index in [1.54, 1.807) is 6.07 Å². The van der Waals surface area contributed by atoms with Gasteiger partial charge < -0.3 is 0 Å². The maximum atomic E-state index is 13.5. The van der Waals surface area contributed by atoms with E-state index < -0.39 is 11.6 Å². The Morgan fingerprint density at radius 1 is 0.889 bits per heavy atom. The summed E-state index contributed by atoms with van der Waals surface area (Å²) in [4.78, 5) is 12.6. The van der Waals surface area contributed by atoms with Crippen molar-refractivity contribution in [1.82, 2.24) is 0 Å². The number of ketones is 1. The largest absolute Gasteiger partial charge is 0.299 e. The minimum Gasteiger partial charge on any atom is -0.299 e. The van der Waals surface area contributed by atoms with E-state index >= 15 is 0 Å². The van der Waals surface area contributed by atoms with Crippen molar-refractivity contribution in [1.29, 1.82) is 0 Å². The van der Waals surface area contributed by atoms with Crippen LogP contribution in [0, 0.1) is 29.4 Å². The average molecular weight is 377 g/mol. The van der Waals surface area contributed by atoms with E-state index in [9.17, 15) is 13.6 Å². The van der Waals surface area contributed by atoms with E-state index in [0.717, 1.165) is 36.7 Å². The summed E-state index contributed by atoms with van der Waals surface area (Å²) in [6.45, 7) is 2.27. The summed E-state index contributed by atoms with van der Waals surface area (Å²) in [6.07, 6.45) is 14.0. The van der Waals surface area contributed by atoms with Crippen molar-refractivity contribution in [2.75, 3.05) is 0 Å². The van der Waals surface area contributed by atoms with Gasteiger partial charge in [0.05, 0.1) is 0 Å². The van der Waals surface area contributed by atoms with Crippen molar-refractivity contribution in [3.8, 4) is 0 Å². The van der Waals surface area contributed by atoms with Gasteiger partial charge in [0.15, 0.2) is 11.6 Å². The Morgan fingerprint density at radius 3 is 2.22 bits per heavy atom. The molecule has 1 aromatic rings. The Balaban J connectivity index is 1.41. The van der Waals surface area contributed by atoms with Crippen LogP contribution in [0.15, 0.2) is 18.2 Å². The van der Waals surface area contributed by atoms with Gasteiger partial charge in [0.1, 0.15) is 5.78 Å². The molecule has 0 amide bonds. The van der Waals surface area contributed by atoms with Gasteiger partial charge in [-0.3, -0.25) is 4.79 Å². The van der Waals surface area contributed by atoms with Crippen molar-refractivity contribution in [2.45, 2.75) is 89.9 Å². The standard InChI is InChI=1S/C24H34F2O/c1-2-3-4-17-5-7-18(8-6-17)9-10-19-11-12-21(16-24(19)27)20-13-14-22(25)23(26)15-20/h13-15,17-19,21H,2-12,16H2,1H3/t17?,18?,19-,21-/m0/s1. The molecule has 0 aliphatic heterocycles. The molecule has 2 atom stereocenters. The van der Waals surface area contributed by atoms with Crippen LogP contribution in [0.1, 0.15) is 95.5 Å². The lowest BCUT2D eigenvalue weighted by atomic mass is 9.73. The van der Waals surface area contributed by atoms with Gasteiger partial charge in [-0.05, 0) is 61.1 Å². The third kappa shape index (κ3) is 5.62. The fourth-order valence-corrected chi connectivity index (χ4v) is 5.17. The van der Waals surface area contributed by atoms with Crippen LogP contribution in [0.4, 0.5) is 8.78 Å². The van der Waals surface area contributed by atoms with E-state index in [1.165, 1.54) is 63.5 Å². The molecule has 3 heteroatoms. The van der Waals surface area contributed by atoms with Crippen molar-refractivity contribution < 1.29 is 13.6 Å². The number of unbranched alkanes of at least 4 members (excludes halogenated alkanes) is 1. The molecule has 3 rings (SSSR count). The molecule has 150 valence electrons. The van der Waals surface area contributed by atoms with Gasteiger partial charge in [0.25, 0.3) is 0 Å². The molecule has 0 spiro atoms. The van der Waals surface area contributed by atoms with Crippen LogP contribution in [0.3, 0.4) is 0 Å². The van der Waals surface area contributed by atoms with Crippen molar-refractivity contribution >= 4 is 5.78 Å². The first-order chi connectivity index (χ1) is 13.1. The van der Waals surface area contributed by atoms with Gasteiger partial charge in [-0.15, -0.1) is 0 Å². The monoisotopic (exact) mass is 376 g/mol. The maximum absolute atomic E-state index is 13.5. The SMILES string of the molecule is CCCCC1CCC(CC[C@H]2CC[C@H](c3ccc(F)c(F)c3)CC2=O)CC1. The van der Waals surface area contributed by atoms with Crippen LogP contribution < -0.4 is 0 Å². The zero-order valence-electron chi connectivity index (χ0n) is 16.7. The van der Waals surface area contributed by atoms with Crippen LogP contribution in [0.25, 0.3) is 0 Å². The van der Waals surface area contributed by atoms with Crippen LogP contribution >= 0.6 is 0 Å². The number of hydrogen-bond donors (Lipinski definition) is 0. The molecule has 1 nitrogen and oxygen atoms in total. The summed E-state index contributed by atoms with van der Waals surface area (Å²) in [5.41, 5.74) is 0.770. The van der Waals surface area contributed by atoms with Crippen molar-refractivity contribution in [3.05, 3.63) is 35.4 Å². The topological polar surface area (TPSA) is 17.1 Å². The molecule has 2 aliphatic carbocycles. The lowest BCUT2D eigenvalue weighted by Crippen LogP contribution is -2.25. The summed E-state index contributed by atoms with van der Waals surface area (Å²) >= 11 is 0. The minimum absolute atomic E-state index is 0.0536. The van der Waals surface area contributed by atoms with Gasteiger partial charge in [0.2, 0.25) is 0 Å². The summed E-state index contributed by atoms with van der Waals surface area (Å²) in [7, 11) is 0. The Kier molecular flexibility index (Phi) is 7.43. The quantitative estimate of drug-likeness (QED) is 0.492. The van der Waals surface area contributed by atoms with E-state index in [0.29, 0.717) is 12.2 Å². The molecule has 0 aromatic heterocycles. The van der Waals surface area contributed by atoms with E-state index in [-0.39, 0.29) is 11.8 Å². The molecular weight excluding hydrogens is 342 g/mol. The van der Waals surface area contributed by atoms with Crippen LogP contribution in [0.5, 0.6) is 0 Å². The number of carbonyl (C=O) groups excluding carboxylic acids is 1. The van der Waals surface area contributed by atoms with Gasteiger partial charge in [-0.2, -0.15) is 0 Å². The molecular formula is C24H34F2O. The molecule has 0 saturated heterocycles. The molecule has 0 bridgehead atoms. The van der Waals surface area contributed by atoms with Gasteiger partial charge in [0, 0.05) is 12.3 Å². The summed E-state index contributed by atoms with van der Waals surface area (Å²) in [5.74, 6) is 0.684. The van der Waals surface area contributed by atoms with Crippen LogP contribution in [-0.4, -0.2) is 5.78 Å². The van der Waals surface area contributed by atoms with Crippen molar-refractivity contribution in [3.63, 3.8) is 0 Å². The number of benzene rings is 1. The molecule has 2 fully saturated rings. The highest BCUT2D eigenvalue weighted by Gasteiger charge is 2.30. The number of rotatable bonds is 7. The highest BCUT2D eigenvalue weighted by molar-refractivity contribution is 5.82. The first kappa shape index (κ1) is 20.5. The zero-order valence-corrected chi connectivity index (χ0v) is 16.7. The number of Topliss-reactive ketones (excluding diaryl/α,β-unsaturated/α-hetero) is 1. The van der Waals surface area contributed by atoms with Gasteiger partial charge in [-0.25, -0.2) is 8.78 Å². The molecule has 0 heterocycles. The second-order valence-corrected chi connectivity index (χ2v) is 8.92. The second kappa shape index (κ2) is 9.80. The average Bonchev–Trinajstić information content (AvgIpc) is 2.68. The molecule has 0 radical (unpaired) electrons. The van der Waals surface area contributed by atoms with E-state index in [2.05, 4.69) is 6.92 Å². The smallest absolute Gasteiger partial charge is 0.159 e. The normalized spacial score (nSPS) is 29.1. The molecule has 0 unspecified atom stereocenters.